The van der Waals surface area contributed by atoms with E-state index in [1.165, 1.54) is 6.07 Å². The number of carbonyl (C=O) groups is 1. The van der Waals surface area contributed by atoms with Gasteiger partial charge in [-0.05, 0) is 5.92 Å². The van der Waals surface area contributed by atoms with Crippen molar-refractivity contribution in [3.63, 3.8) is 0 Å². The molecule has 7 heteroatoms. The number of nitrogens with one attached hydrogen (secondary N) is 1. The van der Waals surface area contributed by atoms with Gasteiger partial charge in [0.05, 0.1) is 6.07 Å². The summed E-state index contributed by atoms with van der Waals surface area (Å²) in [5.74, 6) is -1.67. The zero-order valence-electron chi connectivity index (χ0n) is 8.02. The van der Waals surface area contributed by atoms with Crippen molar-refractivity contribution in [2.75, 3.05) is 5.75 Å². The van der Waals surface area contributed by atoms with Crippen molar-refractivity contribution in [1.29, 1.82) is 5.26 Å². The van der Waals surface area contributed by atoms with E-state index in [-0.39, 0.29) is 5.92 Å². The van der Waals surface area contributed by atoms with Crippen LogP contribution in [0.5, 0.6) is 0 Å². The van der Waals surface area contributed by atoms with Gasteiger partial charge in [0.25, 0.3) is 0 Å². The summed E-state index contributed by atoms with van der Waals surface area (Å²) in [5.41, 5.74) is 4.99. The molecule has 0 saturated carbocycles. The van der Waals surface area contributed by atoms with Gasteiger partial charge in [0, 0.05) is 0 Å². The van der Waals surface area contributed by atoms with Gasteiger partial charge in [0.1, 0.15) is 6.04 Å². The molecule has 0 aromatic rings. The zero-order valence-corrected chi connectivity index (χ0v) is 8.84. The predicted molar refractivity (Wildman–Crippen MR) is 50.4 cm³/mol. The molecule has 1 atom stereocenters. The molecule has 0 aliphatic heterocycles. The van der Waals surface area contributed by atoms with Crippen molar-refractivity contribution < 1.29 is 13.2 Å². The average molecular weight is 219 g/mol. The first-order valence-electron chi connectivity index (χ1n) is 3.96. The molecule has 0 heterocycles. The highest BCUT2D eigenvalue weighted by molar-refractivity contribution is 7.89. The van der Waals surface area contributed by atoms with E-state index < -0.39 is 27.7 Å². The molecule has 0 spiro atoms. The molecule has 0 aliphatic rings. The van der Waals surface area contributed by atoms with Crippen LogP contribution in [0.3, 0.4) is 0 Å². The fourth-order valence-corrected chi connectivity index (χ4v) is 1.87. The van der Waals surface area contributed by atoms with Crippen molar-refractivity contribution in [1.82, 2.24) is 4.72 Å². The van der Waals surface area contributed by atoms with E-state index in [1.807, 2.05) is 0 Å². The summed E-state index contributed by atoms with van der Waals surface area (Å²) in [6.45, 7) is 3.31. The van der Waals surface area contributed by atoms with Crippen LogP contribution in [0.4, 0.5) is 0 Å². The second kappa shape index (κ2) is 4.93. The molecule has 0 bridgehead atoms. The van der Waals surface area contributed by atoms with Crippen LogP contribution in [-0.4, -0.2) is 26.1 Å². The van der Waals surface area contributed by atoms with Gasteiger partial charge in [-0.25, -0.2) is 13.1 Å². The van der Waals surface area contributed by atoms with E-state index in [4.69, 9.17) is 11.0 Å². The van der Waals surface area contributed by atoms with E-state index in [2.05, 4.69) is 4.72 Å². The molecule has 0 rings (SSSR count). The number of rotatable bonds is 5. The number of nitrogens with two attached hydrogens (primary N) is 1. The molecule has 1 amide bonds. The van der Waals surface area contributed by atoms with Crippen LogP contribution in [-0.2, 0) is 14.8 Å². The minimum absolute atomic E-state index is 0.249. The standard InChI is InChI=1S/C7H13N3O3S/c1-5(2)6(7(9)11)10-14(12,13)4-3-8/h5-6,10H,4H2,1-2H3,(H2,9,11). The molecule has 0 aliphatic carbocycles. The SMILES string of the molecule is CC(C)C(NS(=O)(=O)CC#N)C(N)=O. The summed E-state index contributed by atoms with van der Waals surface area (Å²) in [7, 11) is -3.73. The molecular formula is C7H13N3O3S. The van der Waals surface area contributed by atoms with Crippen molar-refractivity contribution in [3.8, 4) is 6.07 Å². The molecular weight excluding hydrogens is 206 g/mol. The van der Waals surface area contributed by atoms with Gasteiger partial charge in [-0.15, -0.1) is 0 Å². The Morgan fingerprint density at radius 2 is 2.07 bits per heavy atom. The number of primary amides is 1. The van der Waals surface area contributed by atoms with Crippen LogP contribution in [0.25, 0.3) is 0 Å². The Bertz CT molecular complexity index is 342. The molecule has 1 unspecified atom stereocenters. The quantitative estimate of drug-likeness (QED) is 0.613. The molecule has 0 saturated heterocycles. The summed E-state index contributed by atoms with van der Waals surface area (Å²) in [6.07, 6.45) is 0. The Hall–Kier alpha value is -1.13. The Morgan fingerprint density at radius 1 is 1.57 bits per heavy atom. The Kier molecular flexibility index (Phi) is 4.53. The highest BCUT2D eigenvalue weighted by Gasteiger charge is 2.24. The molecule has 14 heavy (non-hydrogen) atoms. The highest BCUT2D eigenvalue weighted by atomic mass is 32.2. The second-order valence-electron chi connectivity index (χ2n) is 3.16. The Balaban J connectivity index is 4.63. The molecule has 0 radical (unpaired) electrons. The van der Waals surface area contributed by atoms with Crippen LogP contribution in [0.1, 0.15) is 13.8 Å². The van der Waals surface area contributed by atoms with E-state index in [1.54, 1.807) is 13.8 Å². The number of hydrogen-bond acceptors (Lipinski definition) is 4. The van der Waals surface area contributed by atoms with E-state index >= 15 is 0 Å². The Morgan fingerprint density at radius 3 is 2.36 bits per heavy atom. The number of nitrogens with zero attached hydrogens (tertiary/aromatic N) is 1. The lowest BCUT2D eigenvalue weighted by molar-refractivity contribution is -0.120. The second-order valence-corrected chi connectivity index (χ2v) is 4.91. The van der Waals surface area contributed by atoms with E-state index in [0.717, 1.165) is 0 Å². The highest BCUT2D eigenvalue weighted by Crippen LogP contribution is 2.02. The van der Waals surface area contributed by atoms with E-state index in [9.17, 15) is 13.2 Å². The lowest BCUT2D eigenvalue weighted by atomic mass is 10.1. The Labute approximate surface area is 83.1 Å². The third-order valence-electron chi connectivity index (χ3n) is 1.53. The lowest BCUT2D eigenvalue weighted by Gasteiger charge is -2.17. The fraction of sp³-hybridized carbons (Fsp3) is 0.714. The van der Waals surface area contributed by atoms with Crippen molar-refractivity contribution in [2.24, 2.45) is 11.7 Å². The minimum atomic E-state index is -3.73. The van der Waals surface area contributed by atoms with Crippen LogP contribution >= 0.6 is 0 Å². The normalized spacial score (nSPS) is 13.6. The van der Waals surface area contributed by atoms with E-state index in [0.29, 0.717) is 0 Å². The molecule has 6 nitrogen and oxygen atoms in total. The van der Waals surface area contributed by atoms with Gasteiger partial charge in [-0.3, -0.25) is 4.79 Å². The van der Waals surface area contributed by atoms with Gasteiger partial charge in [-0.2, -0.15) is 5.26 Å². The molecule has 0 aromatic carbocycles. The maximum absolute atomic E-state index is 11.1. The summed E-state index contributed by atoms with van der Waals surface area (Å²) >= 11 is 0. The number of sulfonamides is 1. The van der Waals surface area contributed by atoms with Crippen molar-refractivity contribution >= 4 is 15.9 Å². The summed E-state index contributed by atoms with van der Waals surface area (Å²) in [6, 6.07) is 0.524. The van der Waals surface area contributed by atoms with Crippen LogP contribution in [0.2, 0.25) is 0 Å². The third-order valence-corrected chi connectivity index (χ3v) is 2.66. The van der Waals surface area contributed by atoms with Gasteiger partial charge in [-0.1, -0.05) is 13.8 Å². The van der Waals surface area contributed by atoms with Crippen LogP contribution < -0.4 is 10.5 Å². The fourth-order valence-electron chi connectivity index (χ4n) is 0.843. The first-order chi connectivity index (χ1) is 6.30. The zero-order chi connectivity index (χ0) is 11.4. The number of nitriles is 1. The first kappa shape index (κ1) is 12.9. The maximum Gasteiger partial charge on any atom is 0.235 e. The molecule has 3 N–H and O–H groups in total. The summed E-state index contributed by atoms with van der Waals surface area (Å²) in [4.78, 5) is 10.8. The van der Waals surface area contributed by atoms with Crippen molar-refractivity contribution in [2.45, 2.75) is 19.9 Å². The van der Waals surface area contributed by atoms with Gasteiger partial charge >= 0.3 is 0 Å². The predicted octanol–water partition coefficient (Wildman–Crippen LogP) is -1.06. The third kappa shape index (κ3) is 4.20. The number of amides is 1. The minimum Gasteiger partial charge on any atom is -0.368 e. The number of hydrogen-bond donors (Lipinski definition) is 2. The van der Waals surface area contributed by atoms with Gasteiger partial charge < -0.3 is 5.73 Å². The van der Waals surface area contributed by atoms with Crippen LogP contribution in [0.15, 0.2) is 0 Å². The van der Waals surface area contributed by atoms with Crippen LogP contribution in [0, 0.1) is 17.2 Å². The number of carbonyl (C=O) groups excluding carboxylic acids is 1. The summed E-state index contributed by atoms with van der Waals surface area (Å²) < 4.78 is 24.3. The van der Waals surface area contributed by atoms with Gasteiger partial charge in [0.2, 0.25) is 15.9 Å². The van der Waals surface area contributed by atoms with Gasteiger partial charge in [0.15, 0.2) is 5.75 Å². The largest absolute Gasteiger partial charge is 0.368 e. The van der Waals surface area contributed by atoms with Crippen molar-refractivity contribution in [3.05, 3.63) is 0 Å². The molecule has 0 fully saturated rings. The molecule has 0 aromatic heterocycles. The maximum atomic E-state index is 11.1. The molecule has 80 valence electrons. The lowest BCUT2D eigenvalue weighted by Crippen LogP contribution is -2.48. The average Bonchev–Trinajstić information content (AvgIpc) is 1.99. The topological polar surface area (TPSA) is 113 Å². The first-order valence-corrected chi connectivity index (χ1v) is 5.61. The smallest absolute Gasteiger partial charge is 0.235 e. The monoisotopic (exact) mass is 219 g/mol. The summed E-state index contributed by atoms with van der Waals surface area (Å²) in [5, 5.41) is 8.21.